The summed E-state index contributed by atoms with van der Waals surface area (Å²) >= 11 is 0. The van der Waals surface area contributed by atoms with Crippen LogP contribution in [0.3, 0.4) is 0 Å². The molecule has 5 heavy (non-hydrogen) atoms. The van der Waals surface area contributed by atoms with Crippen molar-refractivity contribution < 1.29 is 0 Å². The Bertz CT molecular complexity index is 7.51. The molecular weight excluding hydrogens is 60.1 g/mol. The fraction of sp³-hybridized carbons (Fsp3) is 0.800. The summed E-state index contributed by atoms with van der Waals surface area (Å²) in [5, 5.41) is 0. The van der Waals surface area contributed by atoms with Gasteiger partial charge < -0.3 is 6.92 Å². The van der Waals surface area contributed by atoms with Gasteiger partial charge in [-0.15, -0.1) is 0 Å². The van der Waals surface area contributed by atoms with E-state index in [4.69, 9.17) is 0 Å². The maximum Gasteiger partial charge on any atom is -0.0586 e. The maximum absolute atomic E-state index is 3.68. The van der Waals surface area contributed by atoms with Crippen molar-refractivity contribution >= 4 is 0 Å². The second-order valence-corrected chi connectivity index (χ2v) is 1.21. The van der Waals surface area contributed by atoms with E-state index in [2.05, 4.69) is 13.8 Å². The number of rotatable bonds is 2. The molecular formula is C5H11-. The SMILES string of the molecule is [CH2-]CCCC. The van der Waals surface area contributed by atoms with Crippen molar-refractivity contribution in [3.63, 3.8) is 0 Å². The molecule has 0 aliphatic heterocycles. The number of hydrogen-bond acceptors (Lipinski definition) is 0. The van der Waals surface area contributed by atoms with E-state index in [9.17, 15) is 0 Å². The van der Waals surface area contributed by atoms with Crippen LogP contribution in [0, 0.1) is 6.92 Å². The van der Waals surface area contributed by atoms with Gasteiger partial charge in [-0.05, 0) is 0 Å². The first-order valence-electron chi connectivity index (χ1n) is 2.21. The molecule has 0 N–H and O–H groups in total. The van der Waals surface area contributed by atoms with Gasteiger partial charge in [0, 0.05) is 0 Å². The van der Waals surface area contributed by atoms with Crippen molar-refractivity contribution in [2.24, 2.45) is 0 Å². The monoisotopic (exact) mass is 71.1 g/mol. The molecule has 0 bridgehead atoms. The Kier molecular flexibility index (Phi) is 4.00. The molecule has 0 aromatic heterocycles. The van der Waals surface area contributed by atoms with Crippen LogP contribution in [0.5, 0.6) is 0 Å². The highest BCUT2D eigenvalue weighted by Gasteiger charge is 1.62. The predicted octanol–water partition coefficient (Wildman–Crippen LogP) is 2.01. The van der Waals surface area contributed by atoms with E-state index in [0.717, 1.165) is 6.42 Å². The zero-order valence-electron chi connectivity index (χ0n) is 3.83. The third-order valence-electron chi connectivity index (χ3n) is 0.604. The van der Waals surface area contributed by atoms with Crippen molar-refractivity contribution in [3.8, 4) is 0 Å². The third-order valence-corrected chi connectivity index (χ3v) is 0.604. The van der Waals surface area contributed by atoms with Crippen molar-refractivity contribution in [3.05, 3.63) is 6.92 Å². The second-order valence-electron chi connectivity index (χ2n) is 1.21. The van der Waals surface area contributed by atoms with Crippen LogP contribution in [0.15, 0.2) is 0 Å². The standard InChI is InChI=1S/C5H11/c1-3-5-4-2/h1,3-5H2,2H3/q-1. The van der Waals surface area contributed by atoms with E-state index < -0.39 is 0 Å². The molecule has 0 nitrogen and oxygen atoms in total. The van der Waals surface area contributed by atoms with Gasteiger partial charge in [-0.25, -0.2) is 0 Å². The summed E-state index contributed by atoms with van der Waals surface area (Å²) < 4.78 is 0. The summed E-state index contributed by atoms with van der Waals surface area (Å²) in [6.45, 7) is 5.85. The van der Waals surface area contributed by atoms with Crippen LogP contribution in [0.25, 0.3) is 0 Å². The lowest BCUT2D eigenvalue weighted by Crippen LogP contribution is -1.59. The van der Waals surface area contributed by atoms with E-state index in [-0.39, 0.29) is 0 Å². The van der Waals surface area contributed by atoms with Crippen LogP contribution >= 0.6 is 0 Å². The van der Waals surface area contributed by atoms with Gasteiger partial charge in [0.05, 0.1) is 0 Å². The molecule has 0 heterocycles. The zero-order chi connectivity index (χ0) is 4.12. The highest BCUT2D eigenvalue weighted by Crippen LogP contribution is 1.87. The van der Waals surface area contributed by atoms with Crippen LogP contribution in [-0.2, 0) is 0 Å². The Morgan fingerprint density at radius 2 is 2.20 bits per heavy atom. The molecule has 0 atom stereocenters. The van der Waals surface area contributed by atoms with Crippen molar-refractivity contribution in [2.45, 2.75) is 26.2 Å². The molecule has 0 spiro atoms. The second kappa shape index (κ2) is 4.00. The highest BCUT2D eigenvalue weighted by molar-refractivity contribution is 4.35. The Hall–Kier alpha value is 0. The summed E-state index contributed by atoms with van der Waals surface area (Å²) in [6, 6.07) is 0. The molecule has 0 aromatic rings. The third kappa shape index (κ3) is 4.00. The van der Waals surface area contributed by atoms with Gasteiger partial charge in [-0.2, -0.15) is 6.42 Å². The zero-order valence-corrected chi connectivity index (χ0v) is 3.83. The molecule has 0 heteroatoms. The Balaban J connectivity index is 2.19. The molecule has 0 radical (unpaired) electrons. The average molecular weight is 71.1 g/mol. The fourth-order valence-electron chi connectivity index (χ4n) is 0.250. The van der Waals surface area contributed by atoms with E-state index >= 15 is 0 Å². The van der Waals surface area contributed by atoms with Gasteiger partial charge in [-0.3, -0.25) is 0 Å². The molecule has 0 saturated carbocycles. The smallest absolute Gasteiger partial charge is 0.0586 e. The first-order chi connectivity index (χ1) is 2.41. The minimum absolute atomic E-state index is 1.09. The number of unbranched alkanes of at least 4 members (excludes halogenated alkanes) is 2. The van der Waals surface area contributed by atoms with Crippen LogP contribution < -0.4 is 0 Å². The van der Waals surface area contributed by atoms with Gasteiger partial charge in [0.15, 0.2) is 0 Å². The quantitative estimate of drug-likeness (QED) is 0.437. The molecule has 0 aliphatic rings. The molecule has 0 saturated heterocycles. The maximum atomic E-state index is 3.68. The average Bonchev–Trinajstić information content (AvgIpc) is 1.41. The largest absolute Gasteiger partial charge is 0.343 e. The predicted molar refractivity (Wildman–Crippen MR) is 24.9 cm³/mol. The van der Waals surface area contributed by atoms with Crippen molar-refractivity contribution in [1.82, 2.24) is 0 Å². The minimum atomic E-state index is 1.09. The normalized spacial score (nSPS) is 8.40. The van der Waals surface area contributed by atoms with Gasteiger partial charge in [0.2, 0.25) is 0 Å². The molecule has 0 amide bonds. The number of hydrogen-bond donors (Lipinski definition) is 0. The Morgan fingerprint density at radius 1 is 1.60 bits per heavy atom. The summed E-state index contributed by atoms with van der Waals surface area (Å²) in [5.41, 5.74) is 0. The molecule has 0 fully saturated rings. The highest BCUT2D eigenvalue weighted by atomic mass is 13.7. The van der Waals surface area contributed by atoms with E-state index in [1.807, 2.05) is 0 Å². The van der Waals surface area contributed by atoms with Crippen molar-refractivity contribution in [1.29, 1.82) is 0 Å². The van der Waals surface area contributed by atoms with Crippen LogP contribution in [0.2, 0.25) is 0 Å². The molecule has 0 aliphatic carbocycles. The summed E-state index contributed by atoms with van der Waals surface area (Å²) in [7, 11) is 0. The molecule has 0 rings (SSSR count). The summed E-state index contributed by atoms with van der Waals surface area (Å²) in [5.74, 6) is 0. The van der Waals surface area contributed by atoms with E-state index in [1.165, 1.54) is 12.8 Å². The lowest BCUT2D eigenvalue weighted by molar-refractivity contribution is 0.813. The molecule has 32 valence electrons. The van der Waals surface area contributed by atoms with E-state index in [0.29, 0.717) is 0 Å². The molecule has 0 aromatic carbocycles. The molecule has 0 unspecified atom stereocenters. The Labute approximate surface area is 34.2 Å². The van der Waals surface area contributed by atoms with Crippen molar-refractivity contribution in [2.75, 3.05) is 0 Å². The minimum Gasteiger partial charge on any atom is -0.343 e. The van der Waals surface area contributed by atoms with Crippen LogP contribution in [-0.4, -0.2) is 0 Å². The fourth-order valence-corrected chi connectivity index (χ4v) is 0.250. The Morgan fingerprint density at radius 3 is 2.20 bits per heavy atom. The summed E-state index contributed by atoms with van der Waals surface area (Å²) in [6.07, 6.45) is 3.65. The van der Waals surface area contributed by atoms with Crippen LogP contribution in [0.4, 0.5) is 0 Å². The van der Waals surface area contributed by atoms with Gasteiger partial charge >= 0.3 is 0 Å². The first kappa shape index (κ1) is 5.00. The van der Waals surface area contributed by atoms with Gasteiger partial charge in [-0.1, -0.05) is 19.8 Å². The lowest BCUT2D eigenvalue weighted by Gasteiger charge is -1.86. The van der Waals surface area contributed by atoms with Gasteiger partial charge in [0.1, 0.15) is 0 Å². The topological polar surface area (TPSA) is 0 Å². The van der Waals surface area contributed by atoms with Gasteiger partial charge in [0.25, 0.3) is 0 Å². The van der Waals surface area contributed by atoms with Crippen LogP contribution in [0.1, 0.15) is 26.2 Å². The van der Waals surface area contributed by atoms with E-state index in [1.54, 1.807) is 0 Å². The lowest BCUT2D eigenvalue weighted by atomic mass is 10.3. The first-order valence-corrected chi connectivity index (χ1v) is 2.21. The summed E-state index contributed by atoms with van der Waals surface area (Å²) in [4.78, 5) is 0.